The number of aldehydes is 1. The lowest BCUT2D eigenvalue weighted by atomic mass is 9.88. The first-order valence-electron chi connectivity index (χ1n) is 10.1. The van der Waals surface area contributed by atoms with E-state index in [-0.39, 0.29) is 12.2 Å². The lowest BCUT2D eigenvalue weighted by molar-refractivity contribution is -0.118. The SMILES string of the molecule is CSCc1ccc2c(c1)C(=C/N(C)C)/C(=C\C=O)[C@H](CC(N)=O)N=C2c1ccc(F)cc1. The van der Waals surface area contributed by atoms with Gasteiger partial charge in [-0.05, 0) is 59.4 Å². The zero-order valence-electron chi connectivity index (χ0n) is 18.3. The fourth-order valence-electron chi connectivity index (χ4n) is 3.77. The molecule has 0 saturated heterocycles. The molecular formula is C25H26FN3O2S. The quantitative estimate of drug-likeness (QED) is 0.513. The van der Waals surface area contributed by atoms with E-state index in [1.54, 1.807) is 23.9 Å². The zero-order chi connectivity index (χ0) is 23.3. The molecule has 0 bridgehead atoms. The number of amides is 1. The Hall–Kier alpha value is -3.19. The summed E-state index contributed by atoms with van der Waals surface area (Å²) in [5.74, 6) is -0.0441. The third-order valence-electron chi connectivity index (χ3n) is 5.04. The molecule has 5 nitrogen and oxygen atoms in total. The van der Waals surface area contributed by atoms with Crippen molar-refractivity contribution in [3.8, 4) is 0 Å². The van der Waals surface area contributed by atoms with Gasteiger partial charge in [-0.15, -0.1) is 0 Å². The lowest BCUT2D eigenvalue weighted by Crippen LogP contribution is -2.22. The summed E-state index contributed by atoms with van der Waals surface area (Å²) in [6.07, 6.45) is 6.06. The van der Waals surface area contributed by atoms with Gasteiger partial charge in [0.2, 0.25) is 5.91 Å². The number of thioether (sulfide) groups is 1. The molecule has 0 saturated carbocycles. The van der Waals surface area contributed by atoms with E-state index < -0.39 is 11.9 Å². The number of benzene rings is 2. The summed E-state index contributed by atoms with van der Waals surface area (Å²) < 4.78 is 13.6. The molecule has 1 amide bonds. The number of carbonyl (C=O) groups is 2. The normalized spacial score (nSPS) is 18.1. The van der Waals surface area contributed by atoms with Crippen LogP contribution in [0.25, 0.3) is 5.57 Å². The van der Waals surface area contributed by atoms with E-state index in [9.17, 15) is 14.0 Å². The summed E-state index contributed by atoms with van der Waals surface area (Å²) in [5.41, 5.74) is 11.2. The maximum Gasteiger partial charge on any atom is 0.219 e. The molecule has 7 heteroatoms. The Kier molecular flexibility index (Phi) is 7.64. The van der Waals surface area contributed by atoms with Crippen LogP contribution < -0.4 is 5.73 Å². The maximum absolute atomic E-state index is 13.6. The van der Waals surface area contributed by atoms with Gasteiger partial charge in [-0.25, -0.2) is 4.39 Å². The standard InChI is InChI=1S/C25H26FN3O2S/c1-29(2)14-22-19(10-11-30)23(13-24(27)31)28-25(17-5-7-18(26)8-6-17)20-9-4-16(15-32-3)12-21(20)22/h4-12,14,23H,13,15H2,1-3H3,(H2,27,31)/b19-10+,22-14+/t23-/m0/s1. The molecule has 32 heavy (non-hydrogen) atoms. The van der Waals surface area contributed by atoms with Gasteiger partial charge < -0.3 is 10.6 Å². The molecule has 166 valence electrons. The van der Waals surface area contributed by atoms with Crippen molar-refractivity contribution in [1.29, 1.82) is 0 Å². The number of carbonyl (C=O) groups excluding carboxylic acids is 2. The Bertz CT molecular complexity index is 1100. The Balaban J connectivity index is 2.37. The van der Waals surface area contributed by atoms with Gasteiger partial charge in [-0.2, -0.15) is 11.8 Å². The summed E-state index contributed by atoms with van der Waals surface area (Å²) in [7, 11) is 3.79. The highest BCUT2D eigenvalue weighted by molar-refractivity contribution is 7.97. The molecule has 0 radical (unpaired) electrons. The summed E-state index contributed by atoms with van der Waals surface area (Å²) in [4.78, 5) is 30.3. The van der Waals surface area contributed by atoms with Crippen molar-refractivity contribution in [2.24, 2.45) is 10.7 Å². The average molecular weight is 452 g/mol. The van der Waals surface area contributed by atoms with Gasteiger partial charge in [0, 0.05) is 42.7 Å². The first-order valence-corrected chi connectivity index (χ1v) is 11.5. The largest absolute Gasteiger partial charge is 0.383 e. The molecular weight excluding hydrogens is 425 g/mol. The van der Waals surface area contributed by atoms with Crippen molar-refractivity contribution in [2.75, 3.05) is 20.4 Å². The number of hydrogen-bond donors (Lipinski definition) is 1. The minimum absolute atomic E-state index is 0.0548. The molecule has 2 aromatic carbocycles. The highest BCUT2D eigenvalue weighted by Crippen LogP contribution is 2.37. The molecule has 0 unspecified atom stereocenters. The number of allylic oxidation sites excluding steroid dienone is 1. The minimum Gasteiger partial charge on any atom is -0.383 e. The van der Waals surface area contributed by atoms with Gasteiger partial charge in [-0.3, -0.25) is 14.6 Å². The van der Waals surface area contributed by atoms with Gasteiger partial charge in [0.05, 0.1) is 18.2 Å². The summed E-state index contributed by atoms with van der Waals surface area (Å²) >= 11 is 1.71. The van der Waals surface area contributed by atoms with Crippen LogP contribution in [0, 0.1) is 5.82 Å². The second kappa shape index (κ2) is 10.4. The van der Waals surface area contributed by atoms with Gasteiger partial charge >= 0.3 is 0 Å². The number of aliphatic imine (C=N–C) groups is 1. The molecule has 0 aliphatic carbocycles. The summed E-state index contributed by atoms with van der Waals surface area (Å²) in [6.45, 7) is 0. The van der Waals surface area contributed by atoms with Crippen LogP contribution in [0.5, 0.6) is 0 Å². The highest BCUT2D eigenvalue weighted by Gasteiger charge is 2.28. The van der Waals surface area contributed by atoms with Gasteiger partial charge in [-0.1, -0.05) is 12.1 Å². The second-order valence-corrected chi connectivity index (χ2v) is 8.61. The maximum atomic E-state index is 13.6. The first kappa shape index (κ1) is 23.5. The third kappa shape index (κ3) is 5.34. The number of nitrogens with two attached hydrogens (primary N) is 1. The van der Waals surface area contributed by atoms with E-state index in [1.807, 2.05) is 43.6 Å². The van der Waals surface area contributed by atoms with Crippen LogP contribution in [0.3, 0.4) is 0 Å². The van der Waals surface area contributed by atoms with E-state index >= 15 is 0 Å². The average Bonchev–Trinajstić information content (AvgIpc) is 2.85. The number of halogens is 1. The highest BCUT2D eigenvalue weighted by atomic mass is 32.2. The minimum atomic E-state index is -0.652. The fourth-order valence-corrected chi connectivity index (χ4v) is 4.28. The van der Waals surface area contributed by atoms with Gasteiger partial charge in [0.15, 0.2) is 0 Å². The van der Waals surface area contributed by atoms with E-state index in [0.29, 0.717) is 17.6 Å². The van der Waals surface area contributed by atoms with Crippen LogP contribution >= 0.6 is 11.8 Å². The van der Waals surface area contributed by atoms with Crippen molar-refractivity contribution in [1.82, 2.24) is 4.90 Å². The first-order chi connectivity index (χ1) is 15.3. The van der Waals surface area contributed by atoms with Crippen molar-refractivity contribution in [3.63, 3.8) is 0 Å². The van der Waals surface area contributed by atoms with Crippen molar-refractivity contribution < 1.29 is 14.0 Å². The molecule has 1 aliphatic rings. The number of primary amides is 1. The molecule has 0 aromatic heterocycles. The van der Waals surface area contributed by atoms with Crippen molar-refractivity contribution >= 4 is 35.2 Å². The number of rotatable bonds is 7. The van der Waals surface area contributed by atoms with Crippen LogP contribution in [-0.4, -0.2) is 49.2 Å². The molecule has 1 atom stereocenters. The molecule has 1 aliphatic heterocycles. The summed E-state index contributed by atoms with van der Waals surface area (Å²) in [5, 5.41) is 0. The van der Waals surface area contributed by atoms with Gasteiger partial charge in [0.1, 0.15) is 12.1 Å². The molecule has 0 spiro atoms. The molecule has 0 fully saturated rings. The van der Waals surface area contributed by atoms with E-state index in [4.69, 9.17) is 10.7 Å². The topological polar surface area (TPSA) is 75.8 Å². The predicted octanol–water partition coefficient (Wildman–Crippen LogP) is 3.81. The number of hydrogen-bond acceptors (Lipinski definition) is 5. The van der Waals surface area contributed by atoms with E-state index in [1.165, 1.54) is 18.2 Å². The zero-order valence-corrected chi connectivity index (χ0v) is 19.2. The molecule has 2 N–H and O–H groups in total. The van der Waals surface area contributed by atoms with Crippen LogP contribution in [0.2, 0.25) is 0 Å². The number of fused-ring (bicyclic) bond motifs is 1. The monoisotopic (exact) mass is 451 g/mol. The molecule has 1 heterocycles. The Morgan fingerprint density at radius 1 is 1.19 bits per heavy atom. The summed E-state index contributed by atoms with van der Waals surface area (Å²) in [6, 6.07) is 11.6. The van der Waals surface area contributed by atoms with Crippen LogP contribution in [0.1, 0.15) is 28.7 Å². The van der Waals surface area contributed by atoms with Crippen LogP contribution in [-0.2, 0) is 15.3 Å². The van der Waals surface area contributed by atoms with E-state index in [0.717, 1.165) is 33.6 Å². The molecule has 3 rings (SSSR count). The van der Waals surface area contributed by atoms with Gasteiger partial charge in [0.25, 0.3) is 0 Å². The fraction of sp³-hybridized carbons (Fsp3) is 0.240. The van der Waals surface area contributed by atoms with Crippen LogP contribution in [0.15, 0.2) is 65.3 Å². The van der Waals surface area contributed by atoms with Crippen molar-refractivity contribution in [2.45, 2.75) is 18.2 Å². The van der Waals surface area contributed by atoms with Crippen LogP contribution in [0.4, 0.5) is 4.39 Å². The number of nitrogens with zero attached hydrogens (tertiary/aromatic N) is 2. The predicted molar refractivity (Wildman–Crippen MR) is 129 cm³/mol. The Morgan fingerprint density at radius 3 is 2.50 bits per heavy atom. The third-order valence-corrected chi connectivity index (χ3v) is 5.66. The van der Waals surface area contributed by atoms with E-state index in [2.05, 4.69) is 6.07 Å². The lowest BCUT2D eigenvalue weighted by Gasteiger charge is -2.19. The Labute approximate surface area is 191 Å². The molecule has 2 aromatic rings. The Morgan fingerprint density at radius 2 is 1.91 bits per heavy atom. The second-order valence-electron chi connectivity index (χ2n) is 7.75. The van der Waals surface area contributed by atoms with Crippen molar-refractivity contribution in [3.05, 3.63) is 88.4 Å². The smallest absolute Gasteiger partial charge is 0.219 e.